The number of carboxylic acid groups (broad SMARTS) is 1. The summed E-state index contributed by atoms with van der Waals surface area (Å²) in [5, 5.41) is 8.90. The molecule has 16 heavy (non-hydrogen) atoms. The summed E-state index contributed by atoms with van der Waals surface area (Å²) in [5.41, 5.74) is 0. The van der Waals surface area contributed by atoms with Crippen molar-refractivity contribution in [3.8, 4) is 0 Å². The first-order valence-corrected chi connectivity index (χ1v) is 6.89. The van der Waals surface area contributed by atoms with E-state index in [2.05, 4.69) is 0 Å². The number of carboxylic acids is 1. The minimum Gasteiger partial charge on any atom is -0.481 e. The number of hydrogen-bond donors (Lipinski definition) is 1. The Labute approximate surface area is 95.0 Å². The topological polar surface area (TPSA) is 77.9 Å². The molecule has 0 aromatic rings. The minimum absolute atomic E-state index is 0.119. The van der Waals surface area contributed by atoms with Gasteiger partial charge in [0.15, 0.2) is 0 Å². The fraction of sp³-hybridized carbons (Fsp3) is 0.889. The summed E-state index contributed by atoms with van der Waals surface area (Å²) in [5.74, 6) is -1.45. The summed E-state index contributed by atoms with van der Waals surface area (Å²) in [6, 6.07) is 0. The van der Waals surface area contributed by atoms with Crippen LogP contribution in [0.3, 0.4) is 0 Å². The SMILES string of the molecule is O=C(O)C1CCCN(S(=O)(=O)N2CCC2)C1. The van der Waals surface area contributed by atoms with Gasteiger partial charge in [0.2, 0.25) is 0 Å². The van der Waals surface area contributed by atoms with E-state index in [0.717, 1.165) is 6.42 Å². The lowest BCUT2D eigenvalue weighted by molar-refractivity contribution is -0.142. The molecule has 2 fully saturated rings. The van der Waals surface area contributed by atoms with Crippen LogP contribution in [0, 0.1) is 5.92 Å². The summed E-state index contributed by atoms with van der Waals surface area (Å²) in [6.07, 6.45) is 2.10. The van der Waals surface area contributed by atoms with Gasteiger partial charge in [-0.15, -0.1) is 0 Å². The Hall–Kier alpha value is -0.660. The lowest BCUT2D eigenvalue weighted by atomic mass is 10.0. The first kappa shape index (κ1) is 11.8. The molecule has 92 valence electrons. The maximum Gasteiger partial charge on any atom is 0.307 e. The molecule has 2 aliphatic heterocycles. The van der Waals surface area contributed by atoms with Crippen molar-refractivity contribution in [3.63, 3.8) is 0 Å². The molecule has 7 heteroatoms. The Morgan fingerprint density at radius 1 is 1.12 bits per heavy atom. The van der Waals surface area contributed by atoms with Gasteiger partial charge < -0.3 is 5.11 Å². The molecule has 0 bridgehead atoms. The average molecular weight is 248 g/mol. The van der Waals surface area contributed by atoms with Crippen molar-refractivity contribution in [2.75, 3.05) is 26.2 Å². The van der Waals surface area contributed by atoms with Crippen molar-refractivity contribution in [2.45, 2.75) is 19.3 Å². The van der Waals surface area contributed by atoms with Gasteiger partial charge in [0, 0.05) is 26.2 Å². The van der Waals surface area contributed by atoms with Crippen LogP contribution in [0.1, 0.15) is 19.3 Å². The highest BCUT2D eigenvalue weighted by Crippen LogP contribution is 2.23. The molecule has 2 saturated heterocycles. The summed E-state index contributed by atoms with van der Waals surface area (Å²) in [7, 11) is -3.39. The van der Waals surface area contributed by atoms with E-state index in [1.807, 2.05) is 0 Å². The Kier molecular flexibility index (Phi) is 3.18. The first-order chi connectivity index (χ1) is 7.51. The summed E-state index contributed by atoms with van der Waals surface area (Å²) >= 11 is 0. The van der Waals surface area contributed by atoms with Crippen molar-refractivity contribution in [3.05, 3.63) is 0 Å². The fourth-order valence-corrected chi connectivity index (χ4v) is 3.81. The lowest BCUT2D eigenvalue weighted by Crippen LogP contribution is -2.53. The predicted octanol–water partition coefficient (Wildman–Crippen LogP) is -0.266. The van der Waals surface area contributed by atoms with Gasteiger partial charge in [-0.05, 0) is 19.3 Å². The van der Waals surface area contributed by atoms with Gasteiger partial charge in [-0.3, -0.25) is 4.79 Å². The lowest BCUT2D eigenvalue weighted by Gasteiger charge is -2.37. The van der Waals surface area contributed by atoms with Crippen LogP contribution in [-0.4, -0.2) is 54.3 Å². The molecular formula is C9H16N2O4S. The molecule has 0 spiro atoms. The number of rotatable bonds is 3. The van der Waals surface area contributed by atoms with Crippen molar-refractivity contribution in [1.29, 1.82) is 0 Å². The Morgan fingerprint density at radius 2 is 1.75 bits per heavy atom. The van der Waals surface area contributed by atoms with E-state index < -0.39 is 22.1 Å². The molecule has 2 aliphatic rings. The van der Waals surface area contributed by atoms with E-state index in [-0.39, 0.29) is 6.54 Å². The smallest absolute Gasteiger partial charge is 0.307 e. The predicted molar refractivity (Wildman–Crippen MR) is 57.0 cm³/mol. The second-order valence-corrected chi connectivity index (χ2v) is 6.22. The van der Waals surface area contributed by atoms with Crippen LogP contribution in [0.2, 0.25) is 0 Å². The normalized spacial score (nSPS) is 28.6. The van der Waals surface area contributed by atoms with Crippen LogP contribution in [0.5, 0.6) is 0 Å². The third-order valence-electron chi connectivity index (χ3n) is 3.20. The van der Waals surface area contributed by atoms with Crippen molar-refractivity contribution >= 4 is 16.2 Å². The van der Waals surface area contributed by atoms with Crippen molar-refractivity contribution < 1.29 is 18.3 Å². The van der Waals surface area contributed by atoms with Crippen LogP contribution >= 0.6 is 0 Å². The van der Waals surface area contributed by atoms with Crippen LogP contribution in [0.4, 0.5) is 0 Å². The van der Waals surface area contributed by atoms with Crippen molar-refractivity contribution in [2.24, 2.45) is 5.92 Å². The Morgan fingerprint density at radius 3 is 2.25 bits per heavy atom. The second-order valence-electron chi connectivity index (χ2n) is 4.30. The second kappa shape index (κ2) is 4.31. The zero-order valence-corrected chi connectivity index (χ0v) is 9.82. The molecule has 0 amide bonds. The van der Waals surface area contributed by atoms with Gasteiger partial charge in [-0.1, -0.05) is 0 Å². The average Bonchev–Trinajstić information content (AvgIpc) is 2.14. The van der Waals surface area contributed by atoms with Gasteiger partial charge in [0.1, 0.15) is 0 Å². The van der Waals surface area contributed by atoms with E-state index in [9.17, 15) is 13.2 Å². The van der Waals surface area contributed by atoms with E-state index in [4.69, 9.17) is 5.11 Å². The minimum atomic E-state index is -3.39. The Balaban J connectivity index is 2.06. The van der Waals surface area contributed by atoms with Gasteiger partial charge >= 0.3 is 5.97 Å². The van der Waals surface area contributed by atoms with Gasteiger partial charge in [-0.25, -0.2) is 0 Å². The van der Waals surface area contributed by atoms with E-state index in [0.29, 0.717) is 32.5 Å². The standard InChI is InChI=1S/C9H16N2O4S/c12-9(13)8-3-1-4-11(7-8)16(14,15)10-5-2-6-10/h8H,1-7H2,(H,12,13). The van der Waals surface area contributed by atoms with Crippen LogP contribution in [0.15, 0.2) is 0 Å². The molecule has 0 radical (unpaired) electrons. The maximum atomic E-state index is 12.0. The zero-order chi connectivity index (χ0) is 11.8. The molecule has 6 nitrogen and oxygen atoms in total. The molecule has 2 rings (SSSR count). The zero-order valence-electron chi connectivity index (χ0n) is 9.00. The Bertz CT molecular complexity index is 377. The number of piperidine rings is 1. The van der Waals surface area contributed by atoms with Crippen LogP contribution < -0.4 is 0 Å². The fourth-order valence-electron chi connectivity index (χ4n) is 2.03. The summed E-state index contributed by atoms with van der Waals surface area (Å²) in [6.45, 7) is 1.70. The van der Waals surface area contributed by atoms with Gasteiger partial charge in [-0.2, -0.15) is 17.0 Å². The summed E-state index contributed by atoms with van der Waals surface area (Å²) in [4.78, 5) is 10.8. The molecule has 0 aromatic heterocycles. The van der Waals surface area contributed by atoms with E-state index in [1.165, 1.54) is 8.61 Å². The highest BCUT2D eigenvalue weighted by atomic mass is 32.2. The third-order valence-corrected chi connectivity index (χ3v) is 5.20. The quantitative estimate of drug-likeness (QED) is 0.746. The number of hydrogen-bond acceptors (Lipinski definition) is 3. The molecule has 1 unspecified atom stereocenters. The first-order valence-electron chi connectivity index (χ1n) is 5.50. The van der Waals surface area contributed by atoms with E-state index >= 15 is 0 Å². The van der Waals surface area contributed by atoms with Gasteiger partial charge in [0.25, 0.3) is 10.2 Å². The van der Waals surface area contributed by atoms with Gasteiger partial charge in [0.05, 0.1) is 5.92 Å². The number of nitrogens with zero attached hydrogens (tertiary/aromatic N) is 2. The molecule has 2 heterocycles. The summed E-state index contributed by atoms with van der Waals surface area (Å²) < 4.78 is 26.7. The molecule has 0 aliphatic carbocycles. The van der Waals surface area contributed by atoms with E-state index in [1.54, 1.807) is 0 Å². The molecule has 0 aromatic carbocycles. The van der Waals surface area contributed by atoms with Crippen molar-refractivity contribution in [1.82, 2.24) is 8.61 Å². The number of aliphatic carboxylic acids is 1. The van der Waals surface area contributed by atoms with Crippen LogP contribution in [-0.2, 0) is 15.0 Å². The molecule has 1 N–H and O–H groups in total. The molecule has 1 atom stereocenters. The highest BCUT2D eigenvalue weighted by Gasteiger charge is 2.37. The number of carbonyl (C=O) groups is 1. The maximum absolute atomic E-state index is 12.0. The highest BCUT2D eigenvalue weighted by molar-refractivity contribution is 7.86. The van der Waals surface area contributed by atoms with Crippen LogP contribution in [0.25, 0.3) is 0 Å². The largest absolute Gasteiger partial charge is 0.481 e. The molecule has 0 saturated carbocycles. The monoisotopic (exact) mass is 248 g/mol. The third kappa shape index (κ3) is 2.07. The molecular weight excluding hydrogens is 232 g/mol.